The molecule has 2 aromatic heterocycles. The number of nitrogens with one attached hydrogen (secondary N) is 2. The highest BCUT2D eigenvalue weighted by Crippen LogP contribution is 2.25. The highest BCUT2D eigenvalue weighted by atomic mass is 79.9. The molecule has 2 aliphatic heterocycles. The lowest BCUT2D eigenvalue weighted by molar-refractivity contribution is 0.0289. The van der Waals surface area contributed by atoms with E-state index in [2.05, 4.69) is 36.4 Å². The summed E-state index contributed by atoms with van der Waals surface area (Å²) in [4.78, 5) is 22.9. The van der Waals surface area contributed by atoms with Crippen LogP contribution in [0.2, 0.25) is 0 Å². The number of amidine groups is 1. The van der Waals surface area contributed by atoms with Crippen molar-refractivity contribution in [3.63, 3.8) is 0 Å². The van der Waals surface area contributed by atoms with E-state index in [1.54, 1.807) is 11.1 Å². The Labute approximate surface area is 153 Å². The number of H-pyrrole nitrogens is 1. The molecule has 0 spiro atoms. The second kappa shape index (κ2) is 5.69. The number of aromatic nitrogens is 3. The second-order valence-electron chi connectivity index (χ2n) is 7.31. The van der Waals surface area contributed by atoms with Gasteiger partial charge in [0, 0.05) is 24.7 Å². The zero-order chi connectivity index (χ0) is 17.8. The van der Waals surface area contributed by atoms with Crippen LogP contribution in [0.1, 0.15) is 26.5 Å². The molecule has 4 heterocycles. The van der Waals surface area contributed by atoms with Crippen LogP contribution in [0.4, 0.5) is 4.79 Å². The van der Waals surface area contributed by atoms with Gasteiger partial charge in [-0.15, -0.1) is 0 Å². The van der Waals surface area contributed by atoms with Crippen molar-refractivity contribution in [2.45, 2.75) is 38.5 Å². The monoisotopic (exact) mass is 406 g/mol. The highest BCUT2D eigenvalue weighted by Gasteiger charge is 2.41. The number of hydrogen-bond donors (Lipinski definition) is 2. The number of carbonyl (C=O) groups excluding carboxylic acids is 1. The number of carbonyl (C=O) groups is 1. The fourth-order valence-corrected chi connectivity index (χ4v) is 3.44. The SMILES string of the molecule is CC(C)(C)OC(=O)N1CC2N=C(c3n[nH]c4cc(Br)ncc34)NC2C1. The molecule has 8 nitrogen and oxygen atoms in total. The molecule has 2 aromatic rings. The van der Waals surface area contributed by atoms with Gasteiger partial charge in [0.25, 0.3) is 0 Å². The highest BCUT2D eigenvalue weighted by molar-refractivity contribution is 9.10. The average Bonchev–Trinajstić information content (AvgIpc) is 3.15. The molecular formula is C16H19BrN6O2. The summed E-state index contributed by atoms with van der Waals surface area (Å²) in [7, 11) is 0. The number of hydrogen-bond acceptors (Lipinski definition) is 6. The molecule has 0 bridgehead atoms. The second-order valence-corrected chi connectivity index (χ2v) is 8.12. The van der Waals surface area contributed by atoms with Crippen molar-refractivity contribution in [1.82, 2.24) is 25.4 Å². The van der Waals surface area contributed by atoms with Crippen molar-refractivity contribution in [2.75, 3.05) is 13.1 Å². The summed E-state index contributed by atoms with van der Waals surface area (Å²) in [5.41, 5.74) is 1.16. The number of ether oxygens (including phenoxy) is 1. The first-order valence-corrected chi connectivity index (χ1v) is 8.92. The van der Waals surface area contributed by atoms with Crippen molar-refractivity contribution in [2.24, 2.45) is 4.99 Å². The molecule has 0 aliphatic carbocycles. The lowest BCUT2D eigenvalue weighted by Crippen LogP contribution is -2.39. The van der Waals surface area contributed by atoms with E-state index in [4.69, 9.17) is 9.73 Å². The quantitative estimate of drug-likeness (QED) is 0.706. The largest absolute Gasteiger partial charge is 0.444 e. The molecule has 0 radical (unpaired) electrons. The van der Waals surface area contributed by atoms with Crippen LogP contribution in [0.25, 0.3) is 10.9 Å². The Morgan fingerprint density at radius 2 is 2.20 bits per heavy atom. The van der Waals surface area contributed by atoms with Gasteiger partial charge in [-0.2, -0.15) is 5.10 Å². The molecule has 2 unspecified atom stereocenters. The first kappa shape index (κ1) is 16.3. The molecule has 1 fully saturated rings. The van der Waals surface area contributed by atoms with Gasteiger partial charge in [0.15, 0.2) is 5.84 Å². The summed E-state index contributed by atoms with van der Waals surface area (Å²) in [5.74, 6) is 0.745. The van der Waals surface area contributed by atoms with Crippen LogP contribution in [-0.4, -0.2) is 62.8 Å². The zero-order valence-electron chi connectivity index (χ0n) is 14.2. The molecule has 1 amide bonds. The molecule has 2 aliphatic rings. The van der Waals surface area contributed by atoms with Crippen LogP contribution in [0.3, 0.4) is 0 Å². The summed E-state index contributed by atoms with van der Waals surface area (Å²) in [6.07, 6.45) is 1.48. The minimum absolute atomic E-state index is 0.0117. The number of fused-ring (bicyclic) bond motifs is 2. The van der Waals surface area contributed by atoms with Gasteiger partial charge in [0.05, 0.1) is 17.6 Å². The molecule has 132 valence electrons. The summed E-state index contributed by atoms with van der Waals surface area (Å²) in [6.45, 7) is 6.71. The summed E-state index contributed by atoms with van der Waals surface area (Å²) < 4.78 is 6.19. The van der Waals surface area contributed by atoms with Crippen molar-refractivity contribution >= 4 is 38.8 Å². The van der Waals surface area contributed by atoms with Gasteiger partial charge in [-0.1, -0.05) is 0 Å². The van der Waals surface area contributed by atoms with E-state index >= 15 is 0 Å². The number of pyridine rings is 1. The molecule has 9 heteroatoms. The lowest BCUT2D eigenvalue weighted by atomic mass is 10.2. The number of aromatic amines is 1. The predicted molar refractivity (Wildman–Crippen MR) is 96.6 cm³/mol. The minimum atomic E-state index is -0.494. The first-order chi connectivity index (χ1) is 11.8. The number of halogens is 1. The molecule has 25 heavy (non-hydrogen) atoms. The van der Waals surface area contributed by atoms with Crippen LogP contribution in [0, 0.1) is 0 Å². The Morgan fingerprint density at radius 1 is 1.40 bits per heavy atom. The van der Waals surface area contributed by atoms with Gasteiger partial charge < -0.3 is 15.0 Å². The predicted octanol–water partition coefficient (Wildman–Crippen LogP) is 2.06. The summed E-state index contributed by atoms with van der Waals surface area (Å²) in [6, 6.07) is 1.97. The van der Waals surface area contributed by atoms with Gasteiger partial charge >= 0.3 is 6.09 Å². The number of nitrogens with zero attached hydrogens (tertiary/aromatic N) is 4. The fraction of sp³-hybridized carbons (Fsp3) is 0.500. The van der Waals surface area contributed by atoms with Crippen LogP contribution < -0.4 is 5.32 Å². The van der Waals surface area contributed by atoms with Crippen molar-refractivity contribution in [1.29, 1.82) is 0 Å². The van der Waals surface area contributed by atoms with Crippen LogP contribution in [0.5, 0.6) is 0 Å². The lowest BCUT2D eigenvalue weighted by Gasteiger charge is -2.24. The van der Waals surface area contributed by atoms with Gasteiger partial charge in [-0.25, -0.2) is 9.78 Å². The van der Waals surface area contributed by atoms with Gasteiger partial charge in [0.1, 0.15) is 15.9 Å². The van der Waals surface area contributed by atoms with Crippen molar-refractivity contribution in [3.8, 4) is 0 Å². The zero-order valence-corrected chi connectivity index (χ0v) is 15.8. The molecule has 0 aromatic carbocycles. The van der Waals surface area contributed by atoms with Crippen LogP contribution in [0.15, 0.2) is 21.9 Å². The average molecular weight is 407 g/mol. The van der Waals surface area contributed by atoms with E-state index < -0.39 is 5.60 Å². The third-order valence-electron chi connectivity index (χ3n) is 4.20. The Balaban J connectivity index is 1.51. The number of rotatable bonds is 1. The number of amides is 1. The molecule has 1 saturated heterocycles. The fourth-order valence-electron chi connectivity index (χ4n) is 3.11. The third kappa shape index (κ3) is 3.08. The topological polar surface area (TPSA) is 95.5 Å². The molecule has 2 N–H and O–H groups in total. The van der Waals surface area contributed by atoms with E-state index in [0.29, 0.717) is 13.1 Å². The van der Waals surface area contributed by atoms with E-state index in [0.717, 1.165) is 27.0 Å². The van der Waals surface area contributed by atoms with Crippen LogP contribution >= 0.6 is 15.9 Å². The third-order valence-corrected chi connectivity index (χ3v) is 4.63. The Hall–Kier alpha value is -2.16. The minimum Gasteiger partial charge on any atom is -0.444 e. The van der Waals surface area contributed by atoms with E-state index in [1.807, 2.05) is 26.8 Å². The van der Waals surface area contributed by atoms with E-state index in [-0.39, 0.29) is 18.2 Å². The summed E-state index contributed by atoms with van der Waals surface area (Å²) >= 11 is 3.35. The van der Waals surface area contributed by atoms with E-state index in [9.17, 15) is 4.79 Å². The number of aliphatic imine (C=N–C) groups is 1. The van der Waals surface area contributed by atoms with Gasteiger partial charge in [-0.3, -0.25) is 10.1 Å². The van der Waals surface area contributed by atoms with Gasteiger partial charge in [0.2, 0.25) is 0 Å². The first-order valence-electron chi connectivity index (χ1n) is 8.12. The maximum atomic E-state index is 12.2. The summed E-state index contributed by atoms with van der Waals surface area (Å²) in [5, 5.41) is 11.7. The number of likely N-dealkylation sites (tertiary alicyclic amines) is 1. The molecule has 2 atom stereocenters. The van der Waals surface area contributed by atoms with Crippen LogP contribution in [-0.2, 0) is 4.74 Å². The van der Waals surface area contributed by atoms with Crippen molar-refractivity contribution in [3.05, 3.63) is 22.6 Å². The smallest absolute Gasteiger partial charge is 0.410 e. The Kier molecular flexibility index (Phi) is 3.71. The Morgan fingerprint density at radius 3 is 2.92 bits per heavy atom. The van der Waals surface area contributed by atoms with Gasteiger partial charge in [-0.05, 0) is 42.8 Å². The maximum Gasteiger partial charge on any atom is 0.410 e. The molecule has 0 saturated carbocycles. The maximum absolute atomic E-state index is 12.2. The molecular weight excluding hydrogens is 388 g/mol. The standard InChI is InChI=1S/C16H19BrN6O2/c1-16(2,3)25-15(24)23-6-10-11(7-23)20-14(19-10)13-8-5-18-12(17)4-9(8)21-22-13/h4-5,10-11H,6-7H2,1-3H3,(H,19,20)(H,21,22). The molecule has 4 rings (SSSR count). The Bertz CT molecular complexity index is 871. The van der Waals surface area contributed by atoms with E-state index in [1.165, 1.54) is 0 Å². The van der Waals surface area contributed by atoms with Crippen molar-refractivity contribution < 1.29 is 9.53 Å². The normalized spacial score (nSPS) is 22.7.